The topological polar surface area (TPSA) is 77.2 Å². The number of primary amides is 1. The lowest BCUT2D eigenvalue weighted by molar-refractivity contribution is 0.1000. The van der Waals surface area contributed by atoms with E-state index in [4.69, 9.17) is 22.1 Å². The highest BCUT2D eigenvalue weighted by Gasteiger charge is 2.18. The van der Waals surface area contributed by atoms with Crippen molar-refractivity contribution in [2.75, 3.05) is 25.6 Å². The number of pyridine rings is 1. The molecule has 0 unspecified atom stereocenters. The molecule has 0 aliphatic carbocycles. The Labute approximate surface area is 118 Å². The van der Waals surface area contributed by atoms with Gasteiger partial charge in [0.05, 0.1) is 10.6 Å². The average molecular weight is 286 g/mol. The number of anilines is 1. The number of amides is 1. The molecular formula is C13H20ClN3O2. The number of rotatable bonds is 7. The molecule has 1 amide bonds. The second-order valence-electron chi connectivity index (χ2n) is 5.18. The molecule has 1 heterocycles. The predicted octanol–water partition coefficient (Wildman–Crippen LogP) is 2.31. The minimum Gasteiger partial charge on any atom is -0.385 e. The van der Waals surface area contributed by atoms with Gasteiger partial charge in [-0.1, -0.05) is 25.4 Å². The number of carbonyl (C=O) groups is 1. The lowest BCUT2D eigenvalue weighted by atomic mass is 9.90. The van der Waals surface area contributed by atoms with Crippen molar-refractivity contribution < 1.29 is 9.53 Å². The van der Waals surface area contributed by atoms with Crippen molar-refractivity contribution in [1.29, 1.82) is 0 Å². The van der Waals surface area contributed by atoms with Crippen molar-refractivity contribution in [2.45, 2.75) is 20.3 Å². The van der Waals surface area contributed by atoms with Crippen LogP contribution >= 0.6 is 11.6 Å². The quantitative estimate of drug-likeness (QED) is 0.806. The molecule has 5 nitrogen and oxygen atoms in total. The van der Waals surface area contributed by atoms with Crippen LogP contribution in [-0.4, -0.2) is 31.2 Å². The van der Waals surface area contributed by atoms with Gasteiger partial charge in [0.15, 0.2) is 0 Å². The Bertz CT molecular complexity index is 450. The maximum absolute atomic E-state index is 11.0. The van der Waals surface area contributed by atoms with Gasteiger partial charge in [-0.15, -0.1) is 0 Å². The molecule has 0 saturated carbocycles. The zero-order valence-corrected chi connectivity index (χ0v) is 12.3. The molecule has 0 aliphatic heterocycles. The van der Waals surface area contributed by atoms with E-state index in [0.29, 0.717) is 29.6 Å². The van der Waals surface area contributed by atoms with E-state index in [1.807, 2.05) is 0 Å². The number of ether oxygens (including phenoxy) is 1. The largest absolute Gasteiger partial charge is 0.385 e. The second-order valence-corrected chi connectivity index (χ2v) is 5.59. The molecule has 1 aromatic rings. The van der Waals surface area contributed by atoms with Gasteiger partial charge in [-0.2, -0.15) is 0 Å². The minimum atomic E-state index is -0.540. The first-order chi connectivity index (χ1) is 8.85. The van der Waals surface area contributed by atoms with E-state index in [2.05, 4.69) is 24.1 Å². The van der Waals surface area contributed by atoms with Crippen LogP contribution in [0.15, 0.2) is 12.3 Å². The number of nitrogens with one attached hydrogen (secondary N) is 1. The first-order valence-electron chi connectivity index (χ1n) is 6.04. The third-order valence-corrected chi connectivity index (χ3v) is 3.13. The molecule has 0 fully saturated rings. The van der Waals surface area contributed by atoms with E-state index in [9.17, 15) is 4.79 Å². The molecule has 0 radical (unpaired) electrons. The number of nitrogens with two attached hydrogens (primary N) is 1. The summed E-state index contributed by atoms with van der Waals surface area (Å²) in [7, 11) is 1.69. The molecule has 0 spiro atoms. The zero-order valence-electron chi connectivity index (χ0n) is 11.5. The van der Waals surface area contributed by atoms with Crippen molar-refractivity contribution in [1.82, 2.24) is 4.98 Å². The molecule has 3 N–H and O–H groups in total. The Morgan fingerprint density at radius 1 is 1.58 bits per heavy atom. The van der Waals surface area contributed by atoms with Crippen LogP contribution in [0, 0.1) is 5.41 Å². The van der Waals surface area contributed by atoms with Gasteiger partial charge in [-0.3, -0.25) is 4.79 Å². The van der Waals surface area contributed by atoms with E-state index in [-0.39, 0.29) is 5.41 Å². The van der Waals surface area contributed by atoms with Gasteiger partial charge in [0.2, 0.25) is 5.91 Å². The Morgan fingerprint density at radius 3 is 2.79 bits per heavy atom. The predicted molar refractivity (Wildman–Crippen MR) is 76.5 cm³/mol. The Kier molecular flexibility index (Phi) is 5.57. The van der Waals surface area contributed by atoms with Crippen LogP contribution in [-0.2, 0) is 4.74 Å². The number of methoxy groups -OCH3 is 1. The number of nitrogens with zero attached hydrogens (tertiary/aromatic N) is 1. The van der Waals surface area contributed by atoms with Gasteiger partial charge in [-0.25, -0.2) is 4.98 Å². The van der Waals surface area contributed by atoms with Crippen molar-refractivity contribution in [2.24, 2.45) is 11.1 Å². The van der Waals surface area contributed by atoms with Crippen molar-refractivity contribution in [3.63, 3.8) is 0 Å². The van der Waals surface area contributed by atoms with E-state index < -0.39 is 5.91 Å². The van der Waals surface area contributed by atoms with Gasteiger partial charge in [0.1, 0.15) is 5.82 Å². The fourth-order valence-corrected chi connectivity index (χ4v) is 1.73. The lowest BCUT2D eigenvalue weighted by Gasteiger charge is -2.25. The van der Waals surface area contributed by atoms with Gasteiger partial charge in [-0.05, 0) is 17.9 Å². The molecule has 106 valence electrons. The van der Waals surface area contributed by atoms with Gasteiger partial charge < -0.3 is 15.8 Å². The molecule has 0 aliphatic rings. The van der Waals surface area contributed by atoms with Crippen LogP contribution in [0.4, 0.5) is 5.82 Å². The average Bonchev–Trinajstić information content (AvgIpc) is 2.35. The SMILES string of the molecule is COCCC(C)(C)CNc1ncc(C(N)=O)cc1Cl. The number of carbonyl (C=O) groups excluding carboxylic acids is 1. The van der Waals surface area contributed by atoms with Crippen LogP contribution < -0.4 is 11.1 Å². The highest BCUT2D eigenvalue weighted by Crippen LogP contribution is 2.24. The standard InChI is InChI=1S/C13H20ClN3O2/c1-13(2,4-5-19-3)8-17-12-10(14)6-9(7-16-12)11(15)18/h6-7H,4-5,8H2,1-3H3,(H2,15,18)(H,16,17). The monoisotopic (exact) mass is 285 g/mol. The van der Waals surface area contributed by atoms with Crippen LogP contribution in [0.3, 0.4) is 0 Å². The summed E-state index contributed by atoms with van der Waals surface area (Å²) in [6, 6.07) is 1.52. The van der Waals surface area contributed by atoms with Crippen LogP contribution in [0.2, 0.25) is 5.02 Å². The molecule has 0 atom stereocenters. The van der Waals surface area contributed by atoms with Crippen LogP contribution in [0.5, 0.6) is 0 Å². The highest BCUT2D eigenvalue weighted by atomic mass is 35.5. The molecule has 1 rings (SSSR count). The second kappa shape index (κ2) is 6.73. The number of hydrogen-bond acceptors (Lipinski definition) is 4. The summed E-state index contributed by atoms with van der Waals surface area (Å²) in [6.07, 6.45) is 2.34. The molecule has 0 bridgehead atoms. The van der Waals surface area contributed by atoms with Gasteiger partial charge in [0, 0.05) is 26.5 Å². The molecular weight excluding hydrogens is 266 g/mol. The summed E-state index contributed by atoms with van der Waals surface area (Å²) in [5, 5.41) is 3.57. The van der Waals surface area contributed by atoms with E-state index in [1.54, 1.807) is 7.11 Å². The third-order valence-electron chi connectivity index (χ3n) is 2.84. The Balaban J connectivity index is 2.65. The first kappa shape index (κ1) is 15.7. The normalized spacial score (nSPS) is 11.4. The first-order valence-corrected chi connectivity index (χ1v) is 6.42. The van der Waals surface area contributed by atoms with Crippen molar-refractivity contribution in [3.8, 4) is 0 Å². The van der Waals surface area contributed by atoms with Crippen LogP contribution in [0.25, 0.3) is 0 Å². The molecule has 0 aromatic carbocycles. The summed E-state index contributed by atoms with van der Waals surface area (Å²) < 4.78 is 5.07. The van der Waals surface area contributed by atoms with Gasteiger partial charge >= 0.3 is 0 Å². The zero-order chi connectivity index (χ0) is 14.5. The lowest BCUT2D eigenvalue weighted by Crippen LogP contribution is -2.25. The summed E-state index contributed by atoms with van der Waals surface area (Å²) in [5.41, 5.74) is 5.52. The van der Waals surface area contributed by atoms with Crippen molar-refractivity contribution in [3.05, 3.63) is 22.8 Å². The Morgan fingerprint density at radius 2 is 2.26 bits per heavy atom. The molecule has 0 saturated heterocycles. The van der Waals surface area contributed by atoms with Gasteiger partial charge in [0.25, 0.3) is 0 Å². The highest BCUT2D eigenvalue weighted by molar-refractivity contribution is 6.33. The number of hydrogen-bond donors (Lipinski definition) is 2. The van der Waals surface area contributed by atoms with Crippen molar-refractivity contribution >= 4 is 23.3 Å². The molecule has 6 heteroatoms. The maximum atomic E-state index is 11.0. The van der Waals surface area contributed by atoms with Crippen LogP contribution in [0.1, 0.15) is 30.6 Å². The number of aromatic nitrogens is 1. The minimum absolute atomic E-state index is 0.0589. The smallest absolute Gasteiger partial charge is 0.250 e. The summed E-state index contributed by atoms with van der Waals surface area (Å²) in [4.78, 5) is 15.1. The molecule has 1 aromatic heterocycles. The summed E-state index contributed by atoms with van der Waals surface area (Å²) in [5.74, 6) is 0.0125. The third kappa shape index (κ3) is 5.04. The summed E-state index contributed by atoms with van der Waals surface area (Å²) in [6.45, 7) is 5.67. The van der Waals surface area contributed by atoms with E-state index in [0.717, 1.165) is 6.42 Å². The number of halogens is 1. The Hall–Kier alpha value is -1.33. The fourth-order valence-electron chi connectivity index (χ4n) is 1.49. The van der Waals surface area contributed by atoms with E-state index >= 15 is 0 Å². The molecule has 19 heavy (non-hydrogen) atoms. The fraction of sp³-hybridized carbons (Fsp3) is 0.538. The maximum Gasteiger partial charge on any atom is 0.250 e. The summed E-state index contributed by atoms with van der Waals surface area (Å²) >= 11 is 6.05. The van der Waals surface area contributed by atoms with E-state index in [1.165, 1.54) is 12.3 Å².